The van der Waals surface area contributed by atoms with Crippen molar-refractivity contribution in [3.8, 4) is 0 Å². The molecule has 5 heteroatoms. The maximum atomic E-state index is 11.7. The van der Waals surface area contributed by atoms with E-state index in [1.165, 1.54) is 0 Å². The number of ether oxygens (including phenoxy) is 1. The summed E-state index contributed by atoms with van der Waals surface area (Å²) in [6.07, 6.45) is 0.749. The van der Waals surface area contributed by atoms with Gasteiger partial charge in [0, 0.05) is 19.8 Å². The molecule has 112 valence electrons. The molecule has 2 amide bonds. The number of nitrogens with one attached hydrogen (secondary N) is 2. The average molecular weight is 280 g/mol. The normalized spacial score (nSPS) is 15.2. The van der Waals surface area contributed by atoms with Crippen LogP contribution >= 0.6 is 0 Å². The summed E-state index contributed by atoms with van der Waals surface area (Å²) in [5.41, 5.74) is -0.318. The van der Waals surface area contributed by atoms with Gasteiger partial charge in [0.05, 0.1) is 6.54 Å². The van der Waals surface area contributed by atoms with Gasteiger partial charge in [-0.1, -0.05) is 30.3 Å². The van der Waals surface area contributed by atoms with Crippen LogP contribution in [-0.4, -0.2) is 37.4 Å². The second kappa shape index (κ2) is 7.87. The molecule has 1 rings (SSSR count). The first-order valence-electron chi connectivity index (χ1n) is 6.77. The molecular weight excluding hydrogens is 256 g/mol. The van der Waals surface area contributed by atoms with Crippen molar-refractivity contribution >= 4 is 6.03 Å². The minimum absolute atomic E-state index is 0.0247. The van der Waals surface area contributed by atoms with Crippen molar-refractivity contribution in [1.82, 2.24) is 10.6 Å². The lowest BCUT2D eigenvalue weighted by Gasteiger charge is -2.25. The summed E-state index contributed by atoms with van der Waals surface area (Å²) < 4.78 is 4.95. The predicted octanol–water partition coefficient (Wildman–Crippen LogP) is 1.62. The van der Waals surface area contributed by atoms with E-state index in [0.717, 1.165) is 12.0 Å². The van der Waals surface area contributed by atoms with Crippen LogP contribution in [0.3, 0.4) is 0 Å². The fourth-order valence-corrected chi connectivity index (χ4v) is 1.79. The molecule has 0 radical (unpaired) electrons. The molecular formula is C15H24N2O3. The zero-order valence-electron chi connectivity index (χ0n) is 12.3. The lowest BCUT2D eigenvalue weighted by atomic mass is 9.96. The number of hydrogen-bond acceptors (Lipinski definition) is 3. The van der Waals surface area contributed by atoms with E-state index in [1.54, 1.807) is 14.0 Å². The van der Waals surface area contributed by atoms with E-state index in [1.807, 2.05) is 37.3 Å². The summed E-state index contributed by atoms with van der Waals surface area (Å²) in [6, 6.07) is 9.01. The van der Waals surface area contributed by atoms with Gasteiger partial charge in [-0.05, 0) is 25.8 Å². The molecule has 0 unspecified atom stereocenters. The molecule has 0 aliphatic heterocycles. The van der Waals surface area contributed by atoms with Crippen LogP contribution in [0.5, 0.6) is 0 Å². The van der Waals surface area contributed by atoms with Crippen molar-refractivity contribution < 1.29 is 14.6 Å². The van der Waals surface area contributed by atoms with Crippen LogP contribution in [0.2, 0.25) is 0 Å². The zero-order chi connectivity index (χ0) is 15.0. The molecule has 2 atom stereocenters. The molecule has 0 saturated carbocycles. The number of benzene rings is 1. The molecule has 3 N–H and O–H groups in total. The third kappa shape index (κ3) is 5.59. The first kappa shape index (κ1) is 16.5. The van der Waals surface area contributed by atoms with Crippen LogP contribution in [0.25, 0.3) is 0 Å². The molecule has 1 aromatic carbocycles. The quantitative estimate of drug-likeness (QED) is 0.711. The number of rotatable bonds is 7. The maximum Gasteiger partial charge on any atom is 0.315 e. The number of urea groups is 1. The van der Waals surface area contributed by atoms with Crippen molar-refractivity contribution in [2.75, 3.05) is 20.3 Å². The van der Waals surface area contributed by atoms with Crippen LogP contribution in [-0.2, 0) is 10.3 Å². The summed E-state index contributed by atoms with van der Waals surface area (Å²) >= 11 is 0. The number of methoxy groups -OCH3 is 1. The number of carbonyl (C=O) groups excluding carboxylic acids is 1. The van der Waals surface area contributed by atoms with Gasteiger partial charge in [0.2, 0.25) is 0 Å². The van der Waals surface area contributed by atoms with Crippen LogP contribution in [0.1, 0.15) is 25.8 Å². The SMILES string of the molecule is COCC[C@@H](C)NC(=O)NC[C@](C)(O)c1ccccc1. The van der Waals surface area contributed by atoms with Gasteiger partial charge in [0.15, 0.2) is 0 Å². The Bertz CT molecular complexity index is 407. The summed E-state index contributed by atoms with van der Waals surface area (Å²) in [5, 5.41) is 15.8. The van der Waals surface area contributed by atoms with Crippen LogP contribution in [0.15, 0.2) is 30.3 Å². The third-order valence-electron chi connectivity index (χ3n) is 3.12. The second-order valence-electron chi connectivity index (χ2n) is 5.15. The molecule has 5 nitrogen and oxygen atoms in total. The number of aliphatic hydroxyl groups is 1. The molecule has 0 aromatic heterocycles. The number of hydrogen-bond donors (Lipinski definition) is 3. The molecule has 0 aliphatic carbocycles. The van der Waals surface area contributed by atoms with E-state index in [2.05, 4.69) is 10.6 Å². The first-order chi connectivity index (χ1) is 9.45. The Morgan fingerprint density at radius 3 is 2.65 bits per heavy atom. The van der Waals surface area contributed by atoms with Gasteiger partial charge in [-0.15, -0.1) is 0 Å². The van der Waals surface area contributed by atoms with E-state index in [0.29, 0.717) is 6.61 Å². The first-order valence-corrected chi connectivity index (χ1v) is 6.77. The van der Waals surface area contributed by atoms with E-state index in [-0.39, 0.29) is 18.6 Å². The molecule has 0 saturated heterocycles. The van der Waals surface area contributed by atoms with Gasteiger partial charge in [0.1, 0.15) is 5.60 Å². The molecule has 0 aliphatic rings. The van der Waals surface area contributed by atoms with Crippen LogP contribution < -0.4 is 10.6 Å². The molecule has 1 aromatic rings. The second-order valence-corrected chi connectivity index (χ2v) is 5.15. The van der Waals surface area contributed by atoms with Crippen LogP contribution in [0.4, 0.5) is 4.79 Å². The molecule has 0 heterocycles. The highest BCUT2D eigenvalue weighted by Gasteiger charge is 2.23. The van der Waals surface area contributed by atoms with Gasteiger partial charge >= 0.3 is 6.03 Å². The van der Waals surface area contributed by atoms with E-state index < -0.39 is 5.60 Å². The lowest BCUT2D eigenvalue weighted by Crippen LogP contribution is -2.46. The third-order valence-corrected chi connectivity index (χ3v) is 3.12. The topological polar surface area (TPSA) is 70.6 Å². The van der Waals surface area contributed by atoms with Crippen molar-refractivity contribution in [3.05, 3.63) is 35.9 Å². The number of carbonyl (C=O) groups is 1. The minimum Gasteiger partial charge on any atom is -0.385 e. The Morgan fingerprint density at radius 2 is 2.05 bits per heavy atom. The minimum atomic E-state index is -1.09. The fourth-order valence-electron chi connectivity index (χ4n) is 1.79. The molecule has 0 spiro atoms. The Balaban J connectivity index is 2.40. The van der Waals surface area contributed by atoms with Crippen molar-refractivity contribution in [3.63, 3.8) is 0 Å². The fraction of sp³-hybridized carbons (Fsp3) is 0.533. The highest BCUT2D eigenvalue weighted by molar-refractivity contribution is 5.74. The molecule has 20 heavy (non-hydrogen) atoms. The molecule has 0 fully saturated rings. The van der Waals surface area contributed by atoms with Crippen molar-refractivity contribution in [1.29, 1.82) is 0 Å². The smallest absolute Gasteiger partial charge is 0.315 e. The van der Waals surface area contributed by atoms with E-state index in [9.17, 15) is 9.90 Å². The summed E-state index contributed by atoms with van der Waals surface area (Å²) in [6.45, 7) is 4.34. The van der Waals surface area contributed by atoms with Gasteiger partial charge < -0.3 is 20.5 Å². The van der Waals surface area contributed by atoms with Gasteiger partial charge in [-0.25, -0.2) is 4.79 Å². The summed E-state index contributed by atoms with van der Waals surface area (Å²) in [5.74, 6) is 0. The predicted molar refractivity (Wildman–Crippen MR) is 78.5 cm³/mol. The van der Waals surface area contributed by atoms with Crippen molar-refractivity contribution in [2.45, 2.75) is 31.9 Å². The standard InChI is InChI=1S/C15H24N2O3/c1-12(9-10-20-3)17-14(18)16-11-15(2,19)13-7-5-4-6-8-13/h4-8,12,19H,9-11H2,1-3H3,(H2,16,17,18)/t12-,15+/m1/s1. The maximum absolute atomic E-state index is 11.7. The van der Waals surface area contributed by atoms with Crippen molar-refractivity contribution in [2.24, 2.45) is 0 Å². The Labute approximate surface area is 120 Å². The monoisotopic (exact) mass is 280 g/mol. The zero-order valence-corrected chi connectivity index (χ0v) is 12.3. The summed E-state index contributed by atoms with van der Waals surface area (Å²) in [7, 11) is 1.63. The van der Waals surface area contributed by atoms with E-state index >= 15 is 0 Å². The molecule has 0 bridgehead atoms. The van der Waals surface area contributed by atoms with Crippen LogP contribution in [0, 0.1) is 0 Å². The number of amides is 2. The Hall–Kier alpha value is -1.59. The van der Waals surface area contributed by atoms with Gasteiger partial charge in [-0.2, -0.15) is 0 Å². The highest BCUT2D eigenvalue weighted by atomic mass is 16.5. The highest BCUT2D eigenvalue weighted by Crippen LogP contribution is 2.18. The van der Waals surface area contributed by atoms with E-state index in [4.69, 9.17) is 4.74 Å². The average Bonchev–Trinajstić information content (AvgIpc) is 2.44. The Morgan fingerprint density at radius 1 is 1.40 bits per heavy atom. The van der Waals surface area contributed by atoms with Gasteiger partial charge in [-0.3, -0.25) is 0 Å². The summed E-state index contributed by atoms with van der Waals surface area (Å²) in [4.78, 5) is 11.7. The Kier molecular flexibility index (Phi) is 6.48. The lowest BCUT2D eigenvalue weighted by molar-refractivity contribution is 0.0592. The largest absolute Gasteiger partial charge is 0.385 e. The van der Waals surface area contributed by atoms with Gasteiger partial charge in [0.25, 0.3) is 0 Å².